The van der Waals surface area contributed by atoms with Gasteiger partial charge in [0.05, 0.1) is 5.84 Å². The molecule has 0 bridgehead atoms. The van der Waals surface area contributed by atoms with Gasteiger partial charge in [0.2, 0.25) is 0 Å². The summed E-state index contributed by atoms with van der Waals surface area (Å²) in [6.45, 7) is 1.95. The molecule has 1 aromatic carbocycles. The van der Waals surface area contributed by atoms with Crippen molar-refractivity contribution in [3.8, 4) is 0 Å². The van der Waals surface area contributed by atoms with Gasteiger partial charge in [0.1, 0.15) is 6.10 Å². The molecule has 1 N–H and O–H groups in total. The molecular weight excluding hydrogens is 314 g/mol. The lowest BCUT2D eigenvalue weighted by molar-refractivity contribution is 0.0865. The maximum absolute atomic E-state index is 11.9. The van der Waals surface area contributed by atoms with Crippen LogP contribution >= 0.6 is 12.4 Å². The normalized spacial score (nSPS) is 15.5. The summed E-state index contributed by atoms with van der Waals surface area (Å²) in [6, 6.07) is 7.64. The average molecular weight is 340 g/mol. The second-order valence-electron chi connectivity index (χ2n) is 5.67. The minimum atomic E-state index is -0.362. The molecule has 1 amide bonds. The highest BCUT2D eigenvalue weighted by Gasteiger charge is 2.17. The lowest BCUT2D eigenvalue weighted by Crippen LogP contribution is -2.24. The molecule has 0 aromatic heterocycles. The largest absolute Gasteiger partial charge is 0.446 e. The van der Waals surface area contributed by atoms with E-state index in [4.69, 9.17) is 4.74 Å². The number of benzene rings is 1. The SMILES string of the molecule is CN=C(C)N(C)c1ccc(NC(=O)OC2CCCCC2)cc1.Cl. The van der Waals surface area contributed by atoms with Crippen molar-refractivity contribution in [2.75, 3.05) is 24.3 Å². The van der Waals surface area contributed by atoms with Gasteiger partial charge in [0.25, 0.3) is 0 Å². The van der Waals surface area contributed by atoms with Gasteiger partial charge in [-0.3, -0.25) is 10.3 Å². The third-order valence-electron chi connectivity index (χ3n) is 4.14. The first-order chi connectivity index (χ1) is 10.6. The Balaban J connectivity index is 0.00000264. The molecule has 0 unspecified atom stereocenters. The van der Waals surface area contributed by atoms with Gasteiger partial charge in [-0.05, 0) is 56.9 Å². The predicted molar refractivity (Wildman–Crippen MR) is 98.1 cm³/mol. The van der Waals surface area contributed by atoms with Crippen LogP contribution in [0.4, 0.5) is 16.2 Å². The molecular formula is C17H26ClN3O2. The van der Waals surface area contributed by atoms with Crippen molar-refractivity contribution in [2.45, 2.75) is 45.1 Å². The van der Waals surface area contributed by atoms with Gasteiger partial charge in [-0.15, -0.1) is 12.4 Å². The van der Waals surface area contributed by atoms with Gasteiger partial charge < -0.3 is 9.64 Å². The Morgan fingerprint density at radius 1 is 1.22 bits per heavy atom. The fourth-order valence-electron chi connectivity index (χ4n) is 2.59. The second-order valence-corrected chi connectivity index (χ2v) is 5.67. The molecule has 0 aliphatic heterocycles. The zero-order valence-electron chi connectivity index (χ0n) is 14.0. The highest BCUT2D eigenvalue weighted by atomic mass is 35.5. The fourth-order valence-corrected chi connectivity index (χ4v) is 2.59. The molecule has 2 rings (SSSR count). The molecule has 1 aromatic rings. The van der Waals surface area contributed by atoms with Gasteiger partial charge in [0.15, 0.2) is 0 Å². The lowest BCUT2D eigenvalue weighted by Gasteiger charge is -2.22. The third-order valence-corrected chi connectivity index (χ3v) is 4.14. The highest BCUT2D eigenvalue weighted by molar-refractivity contribution is 5.95. The predicted octanol–water partition coefficient (Wildman–Crippen LogP) is 4.47. The van der Waals surface area contributed by atoms with E-state index < -0.39 is 0 Å². The number of anilines is 2. The number of ether oxygens (including phenoxy) is 1. The Bertz CT molecular complexity index is 525. The smallest absolute Gasteiger partial charge is 0.411 e. The molecule has 5 nitrogen and oxygen atoms in total. The summed E-state index contributed by atoms with van der Waals surface area (Å²) in [4.78, 5) is 18.0. The average Bonchev–Trinajstić information content (AvgIpc) is 2.55. The molecule has 0 spiro atoms. The summed E-state index contributed by atoms with van der Waals surface area (Å²) in [5, 5.41) is 2.79. The molecule has 0 saturated heterocycles. The van der Waals surface area contributed by atoms with Gasteiger partial charge in [-0.1, -0.05) is 6.42 Å². The second kappa shape index (κ2) is 9.40. The molecule has 1 aliphatic carbocycles. The molecule has 1 aliphatic rings. The maximum Gasteiger partial charge on any atom is 0.411 e. The Labute approximate surface area is 144 Å². The van der Waals surface area contributed by atoms with Crippen molar-refractivity contribution in [2.24, 2.45) is 4.99 Å². The Morgan fingerprint density at radius 2 is 1.83 bits per heavy atom. The fraction of sp³-hybridized carbons (Fsp3) is 0.529. The number of rotatable bonds is 3. The van der Waals surface area contributed by atoms with E-state index in [-0.39, 0.29) is 24.6 Å². The maximum atomic E-state index is 11.9. The van der Waals surface area contributed by atoms with E-state index in [1.165, 1.54) is 6.42 Å². The van der Waals surface area contributed by atoms with Crippen LogP contribution in [0.5, 0.6) is 0 Å². The number of nitrogens with zero attached hydrogens (tertiary/aromatic N) is 2. The van der Waals surface area contributed by atoms with Crippen molar-refractivity contribution in [3.05, 3.63) is 24.3 Å². The highest BCUT2D eigenvalue weighted by Crippen LogP contribution is 2.21. The van der Waals surface area contributed by atoms with Crippen molar-refractivity contribution in [3.63, 3.8) is 0 Å². The molecule has 0 heterocycles. The van der Waals surface area contributed by atoms with E-state index in [0.29, 0.717) is 0 Å². The standard InChI is InChI=1S/C17H25N3O2.ClH/c1-13(18-2)20(3)15-11-9-14(10-12-15)19-17(21)22-16-7-5-4-6-8-16;/h9-12,16H,4-8H2,1-3H3,(H,19,21);1H. The topological polar surface area (TPSA) is 53.9 Å². The summed E-state index contributed by atoms with van der Waals surface area (Å²) in [5.41, 5.74) is 1.76. The summed E-state index contributed by atoms with van der Waals surface area (Å²) in [5.74, 6) is 0.928. The molecule has 0 radical (unpaired) electrons. The number of aliphatic imine (C=N–C) groups is 1. The van der Waals surface area contributed by atoms with Crippen LogP contribution in [-0.4, -0.2) is 32.1 Å². The number of nitrogens with one attached hydrogen (secondary N) is 1. The van der Waals surface area contributed by atoms with Crippen molar-refractivity contribution in [1.29, 1.82) is 0 Å². The molecule has 1 fully saturated rings. The van der Waals surface area contributed by atoms with Gasteiger partial charge in [0, 0.05) is 25.5 Å². The first-order valence-electron chi connectivity index (χ1n) is 7.85. The Hall–Kier alpha value is -1.75. The number of carbonyl (C=O) groups is 1. The number of carbonyl (C=O) groups excluding carboxylic acids is 1. The van der Waals surface area contributed by atoms with Crippen LogP contribution in [0.15, 0.2) is 29.3 Å². The number of amidine groups is 1. The summed E-state index contributed by atoms with van der Waals surface area (Å²) in [7, 11) is 3.73. The van der Waals surface area contributed by atoms with Crippen LogP contribution in [0.2, 0.25) is 0 Å². The third kappa shape index (κ3) is 5.75. The Kier molecular flexibility index (Phi) is 7.89. The van der Waals surface area contributed by atoms with Gasteiger partial charge in [-0.2, -0.15) is 0 Å². The van der Waals surface area contributed by atoms with E-state index in [0.717, 1.165) is 42.9 Å². The number of hydrogen-bond acceptors (Lipinski definition) is 3. The first kappa shape index (κ1) is 19.3. The van der Waals surface area contributed by atoms with Crippen LogP contribution in [-0.2, 0) is 4.74 Å². The zero-order valence-corrected chi connectivity index (χ0v) is 14.9. The van der Waals surface area contributed by atoms with Gasteiger partial charge >= 0.3 is 6.09 Å². The zero-order chi connectivity index (χ0) is 15.9. The van der Waals surface area contributed by atoms with Crippen LogP contribution in [0.25, 0.3) is 0 Å². The van der Waals surface area contributed by atoms with Crippen LogP contribution in [0.3, 0.4) is 0 Å². The van der Waals surface area contributed by atoms with E-state index in [2.05, 4.69) is 10.3 Å². The minimum Gasteiger partial charge on any atom is -0.446 e. The number of amides is 1. The molecule has 128 valence electrons. The Morgan fingerprint density at radius 3 is 2.39 bits per heavy atom. The van der Waals surface area contributed by atoms with Crippen LogP contribution in [0.1, 0.15) is 39.0 Å². The quantitative estimate of drug-likeness (QED) is 0.652. The van der Waals surface area contributed by atoms with Crippen molar-refractivity contribution >= 4 is 35.7 Å². The molecule has 23 heavy (non-hydrogen) atoms. The number of hydrogen-bond donors (Lipinski definition) is 1. The van der Waals surface area contributed by atoms with Crippen LogP contribution < -0.4 is 10.2 Å². The summed E-state index contributed by atoms with van der Waals surface area (Å²) < 4.78 is 5.45. The van der Waals surface area contributed by atoms with E-state index in [1.54, 1.807) is 7.05 Å². The lowest BCUT2D eigenvalue weighted by atomic mass is 9.98. The van der Waals surface area contributed by atoms with Gasteiger partial charge in [-0.25, -0.2) is 4.79 Å². The summed E-state index contributed by atoms with van der Waals surface area (Å²) in [6.07, 6.45) is 5.22. The monoisotopic (exact) mass is 339 g/mol. The van der Waals surface area contributed by atoms with E-state index in [1.807, 2.05) is 43.1 Å². The number of halogens is 1. The first-order valence-corrected chi connectivity index (χ1v) is 7.85. The van der Waals surface area contributed by atoms with E-state index >= 15 is 0 Å². The summed E-state index contributed by atoms with van der Waals surface area (Å²) >= 11 is 0. The van der Waals surface area contributed by atoms with Crippen LogP contribution in [0, 0.1) is 0 Å². The van der Waals surface area contributed by atoms with Crippen molar-refractivity contribution < 1.29 is 9.53 Å². The molecule has 1 saturated carbocycles. The minimum absolute atomic E-state index is 0. The van der Waals surface area contributed by atoms with E-state index in [9.17, 15) is 4.79 Å². The molecule has 0 atom stereocenters. The van der Waals surface area contributed by atoms with Crippen molar-refractivity contribution in [1.82, 2.24) is 0 Å². The molecule has 6 heteroatoms.